The number of hydrogen-bond acceptors (Lipinski definition) is 6. The van der Waals surface area contributed by atoms with Gasteiger partial charge in [0.2, 0.25) is 0 Å². The summed E-state index contributed by atoms with van der Waals surface area (Å²) in [6.45, 7) is 1.66. The van der Waals surface area contributed by atoms with Crippen molar-refractivity contribution in [2.24, 2.45) is 5.73 Å². The van der Waals surface area contributed by atoms with Gasteiger partial charge in [-0.05, 0) is 0 Å². The number of nitrogens with one attached hydrogen (secondary N) is 1. The Morgan fingerprint density at radius 3 is 2.88 bits per heavy atom. The number of carbonyl (C=O) groups excluding carboxylic acids is 1. The Morgan fingerprint density at radius 2 is 2.29 bits per heavy atom. The number of carboxylic acids is 1. The number of ether oxygens (including phenoxy) is 1. The second-order valence-corrected chi connectivity index (χ2v) is 3.09. The van der Waals surface area contributed by atoms with Gasteiger partial charge in [-0.3, -0.25) is 4.68 Å². The summed E-state index contributed by atoms with van der Waals surface area (Å²) in [4.78, 5) is 20.7. The first-order chi connectivity index (χ1) is 8.09. The van der Waals surface area contributed by atoms with Gasteiger partial charge in [-0.1, -0.05) is 5.21 Å². The monoisotopic (exact) mass is 243 g/mol. The molecule has 0 aliphatic rings. The summed E-state index contributed by atoms with van der Waals surface area (Å²) < 4.78 is 5.90. The molecule has 9 nitrogen and oxygen atoms in total. The van der Waals surface area contributed by atoms with Crippen LogP contribution < -0.4 is 11.1 Å². The summed E-state index contributed by atoms with van der Waals surface area (Å²) >= 11 is 0. The number of hydrogen-bond donors (Lipinski definition) is 3. The molecule has 1 heterocycles. The molecule has 0 radical (unpaired) electrons. The fourth-order valence-electron chi connectivity index (χ4n) is 1.05. The van der Waals surface area contributed by atoms with Crippen LogP contribution >= 0.6 is 0 Å². The van der Waals surface area contributed by atoms with Crippen molar-refractivity contribution in [3.05, 3.63) is 11.9 Å². The van der Waals surface area contributed by atoms with Gasteiger partial charge in [-0.15, -0.1) is 5.10 Å². The summed E-state index contributed by atoms with van der Waals surface area (Å²) in [5.74, 6) is -1.11. The number of aromatic carboxylic acids is 1. The number of nitrogens with two attached hydrogens (primary N) is 1. The Morgan fingerprint density at radius 1 is 1.53 bits per heavy atom. The van der Waals surface area contributed by atoms with Crippen LogP contribution in [-0.4, -0.2) is 51.9 Å². The number of aromatic nitrogens is 3. The molecule has 9 heteroatoms. The van der Waals surface area contributed by atoms with Crippen LogP contribution in [0.2, 0.25) is 0 Å². The molecule has 1 aromatic heterocycles. The average Bonchev–Trinajstić information content (AvgIpc) is 2.71. The number of amides is 1. The zero-order valence-corrected chi connectivity index (χ0v) is 9.00. The van der Waals surface area contributed by atoms with Crippen LogP contribution in [0.25, 0.3) is 0 Å². The lowest BCUT2D eigenvalue weighted by atomic mass is 10.5. The van der Waals surface area contributed by atoms with Gasteiger partial charge in [0.15, 0.2) is 5.69 Å². The summed E-state index contributed by atoms with van der Waals surface area (Å²) in [5.41, 5.74) is 4.67. The van der Waals surface area contributed by atoms with Crippen molar-refractivity contribution in [3.8, 4) is 0 Å². The van der Waals surface area contributed by atoms with Crippen LogP contribution in [0.3, 0.4) is 0 Å². The molecule has 1 amide bonds. The van der Waals surface area contributed by atoms with Crippen LogP contribution in [0.4, 0.5) is 4.79 Å². The highest BCUT2D eigenvalue weighted by atomic mass is 16.5. The molecule has 0 saturated carbocycles. The quantitative estimate of drug-likeness (QED) is 0.505. The zero-order chi connectivity index (χ0) is 12.7. The number of primary amides is 1. The fourth-order valence-corrected chi connectivity index (χ4v) is 1.05. The number of carbonyl (C=O) groups is 2. The average molecular weight is 243 g/mol. The van der Waals surface area contributed by atoms with Crippen LogP contribution in [0.5, 0.6) is 0 Å². The molecule has 0 spiro atoms. The van der Waals surface area contributed by atoms with E-state index in [0.717, 1.165) is 0 Å². The lowest BCUT2D eigenvalue weighted by molar-refractivity contribution is 0.0690. The molecule has 1 rings (SSSR count). The number of rotatable bonds is 7. The maximum atomic E-state index is 10.5. The maximum Gasteiger partial charge on any atom is 0.404 e. The van der Waals surface area contributed by atoms with Crippen molar-refractivity contribution in [2.75, 3.05) is 19.7 Å². The molecule has 4 N–H and O–H groups in total. The largest absolute Gasteiger partial charge is 0.476 e. The minimum Gasteiger partial charge on any atom is -0.476 e. The SMILES string of the molecule is NC(=O)OCCNCCn1cc(C(=O)O)nn1. The molecular weight excluding hydrogens is 230 g/mol. The lowest BCUT2D eigenvalue weighted by Gasteiger charge is -2.04. The van der Waals surface area contributed by atoms with Gasteiger partial charge >= 0.3 is 12.1 Å². The van der Waals surface area contributed by atoms with E-state index >= 15 is 0 Å². The third kappa shape index (κ3) is 4.93. The third-order valence-electron chi connectivity index (χ3n) is 1.80. The van der Waals surface area contributed by atoms with E-state index in [1.54, 1.807) is 0 Å². The van der Waals surface area contributed by atoms with Crippen LogP contribution in [0, 0.1) is 0 Å². The van der Waals surface area contributed by atoms with Crippen LogP contribution in [-0.2, 0) is 11.3 Å². The van der Waals surface area contributed by atoms with Crippen LogP contribution in [0.1, 0.15) is 10.5 Å². The molecule has 0 atom stereocenters. The predicted octanol–water partition coefficient (Wildman–Crippen LogP) is -1.34. The maximum absolute atomic E-state index is 10.5. The van der Waals surface area contributed by atoms with Crippen molar-refractivity contribution in [2.45, 2.75) is 6.54 Å². The minimum atomic E-state index is -1.11. The van der Waals surface area contributed by atoms with E-state index in [2.05, 4.69) is 20.4 Å². The van der Waals surface area contributed by atoms with E-state index in [4.69, 9.17) is 10.8 Å². The molecule has 0 bridgehead atoms. The highest BCUT2D eigenvalue weighted by molar-refractivity contribution is 5.84. The molecule has 0 saturated heterocycles. The van der Waals surface area contributed by atoms with Gasteiger partial charge in [0.05, 0.1) is 12.7 Å². The Balaban J connectivity index is 2.13. The van der Waals surface area contributed by atoms with E-state index in [9.17, 15) is 9.59 Å². The second-order valence-electron chi connectivity index (χ2n) is 3.09. The molecule has 17 heavy (non-hydrogen) atoms. The topological polar surface area (TPSA) is 132 Å². The minimum absolute atomic E-state index is 0.0953. The number of carboxylic acid groups (broad SMARTS) is 1. The molecule has 0 aromatic carbocycles. The van der Waals surface area contributed by atoms with Gasteiger partial charge in [0.1, 0.15) is 6.61 Å². The first-order valence-corrected chi connectivity index (χ1v) is 4.86. The molecular formula is C8H13N5O4. The van der Waals surface area contributed by atoms with E-state index in [1.165, 1.54) is 10.9 Å². The van der Waals surface area contributed by atoms with Crippen molar-refractivity contribution in [1.29, 1.82) is 0 Å². The normalized spacial score (nSPS) is 10.1. The summed E-state index contributed by atoms with van der Waals surface area (Å²) in [7, 11) is 0. The smallest absolute Gasteiger partial charge is 0.404 e. The molecule has 0 fully saturated rings. The third-order valence-corrected chi connectivity index (χ3v) is 1.80. The van der Waals surface area contributed by atoms with Gasteiger partial charge in [-0.25, -0.2) is 9.59 Å². The van der Waals surface area contributed by atoms with Crippen molar-refractivity contribution >= 4 is 12.1 Å². The van der Waals surface area contributed by atoms with Gasteiger partial charge < -0.3 is 20.9 Å². The summed E-state index contributed by atoms with van der Waals surface area (Å²) in [5, 5.41) is 18.6. The highest BCUT2D eigenvalue weighted by Crippen LogP contribution is 1.91. The first kappa shape index (κ1) is 12.9. The first-order valence-electron chi connectivity index (χ1n) is 4.86. The van der Waals surface area contributed by atoms with E-state index in [0.29, 0.717) is 19.6 Å². The summed E-state index contributed by atoms with van der Waals surface area (Å²) in [6.07, 6.45) is 0.526. The number of nitrogens with zero attached hydrogens (tertiary/aromatic N) is 3. The molecule has 0 unspecified atom stereocenters. The van der Waals surface area contributed by atoms with Gasteiger partial charge in [-0.2, -0.15) is 0 Å². The van der Waals surface area contributed by atoms with Gasteiger partial charge in [0, 0.05) is 13.1 Å². The van der Waals surface area contributed by atoms with Crippen molar-refractivity contribution in [3.63, 3.8) is 0 Å². The molecule has 94 valence electrons. The zero-order valence-electron chi connectivity index (χ0n) is 9.00. The van der Waals surface area contributed by atoms with Gasteiger partial charge in [0.25, 0.3) is 0 Å². The van der Waals surface area contributed by atoms with Crippen LogP contribution in [0.15, 0.2) is 6.20 Å². The molecule has 0 aliphatic heterocycles. The Kier molecular flexibility index (Phi) is 4.88. The van der Waals surface area contributed by atoms with E-state index in [-0.39, 0.29) is 12.3 Å². The van der Waals surface area contributed by atoms with Crippen molar-refractivity contribution < 1.29 is 19.4 Å². The molecule has 0 aliphatic carbocycles. The molecule has 1 aromatic rings. The van der Waals surface area contributed by atoms with E-state index < -0.39 is 12.1 Å². The standard InChI is InChI=1S/C8H13N5O4/c9-8(16)17-4-2-10-1-3-13-5-6(7(14)15)11-12-13/h5,10H,1-4H2,(H2,9,16)(H,14,15). The van der Waals surface area contributed by atoms with Crippen molar-refractivity contribution in [1.82, 2.24) is 20.3 Å². The Bertz CT molecular complexity index is 391. The second kappa shape index (κ2) is 6.43. The summed E-state index contributed by atoms with van der Waals surface area (Å²) in [6, 6.07) is 0. The fraction of sp³-hybridized carbons (Fsp3) is 0.500. The Labute approximate surface area is 96.5 Å². The highest BCUT2D eigenvalue weighted by Gasteiger charge is 2.07. The predicted molar refractivity (Wildman–Crippen MR) is 55.4 cm³/mol. The lowest BCUT2D eigenvalue weighted by Crippen LogP contribution is -2.26. The Hall–Kier alpha value is -2.16. The van der Waals surface area contributed by atoms with E-state index in [1.807, 2.05) is 0 Å².